The highest BCUT2D eigenvalue weighted by molar-refractivity contribution is 14.1. The first-order valence-electron chi connectivity index (χ1n) is 3.10. The summed E-state index contributed by atoms with van der Waals surface area (Å²) in [5, 5.41) is 8.41. The van der Waals surface area contributed by atoms with E-state index in [-0.39, 0.29) is 3.57 Å². The zero-order chi connectivity index (χ0) is 10.0. The molecule has 0 N–H and O–H groups in total. The molecule has 0 radical (unpaired) electrons. The van der Waals surface area contributed by atoms with Crippen molar-refractivity contribution >= 4 is 22.6 Å². The normalized spacial score (nSPS) is 10.2. The van der Waals surface area contributed by atoms with Gasteiger partial charge in [0.05, 0.1) is 15.3 Å². The molecule has 68 valence electrons. The van der Waals surface area contributed by atoms with E-state index >= 15 is 0 Å². The average Bonchev–Trinajstić information content (AvgIpc) is 2.08. The maximum atomic E-state index is 12.7. The van der Waals surface area contributed by atoms with Gasteiger partial charge in [0.1, 0.15) is 6.07 Å². The summed E-state index contributed by atoms with van der Waals surface area (Å²) in [4.78, 5) is 3.26. The highest BCUT2D eigenvalue weighted by Crippen LogP contribution is 2.27. The third kappa shape index (κ3) is 1.91. The first kappa shape index (κ1) is 10.2. The first-order valence-corrected chi connectivity index (χ1v) is 4.18. The van der Waals surface area contributed by atoms with Crippen molar-refractivity contribution in [2.45, 2.75) is 6.43 Å². The van der Waals surface area contributed by atoms with Gasteiger partial charge in [0, 0.05) is 0 Å². The monoisotopic (exact) mass is 298 g/mol. The van der Waals surface area contributed by atoms with Crippen LogP contribution in [0.1, 0.15) is 17.7 Å². The predicted octanol–water partition coefficient (Wildman–Crippen LogP) is 2.63. The zero-order valence-electron chi connectivity index (χ0n) is 6.06. The second-order valence-corrected chi connectivity index (χ2v) is 3.17. The van der Waals surface area contributed by atoms with Crippen LogP contribution in [-0.4, -0.2) is 4.98 Å². The van der Waals surface area contributed by atoms with Crippen molar-refractivity contribution < 1.29 is 13.2 Å². The maximum Gasteiger partial charge on any atom is 0.267 e. The number of halogens is 4. The number of hydrogen-bond acceptors (Lipinski definition) is 2. The third-order valence-corrected chi connectivity index (χ3v) is 2.43. The van der Waals surface area contributed by atoms with Crippen molar-refractivity contribution in [3.63, 3.8) is 0 Å². The Morgan fingerprint density at radius 1 is 1.54 bits per heavy atom. The van der Waals surface area contributed by atoms with E-state index in [0.717, 1.165) is 6.20 Å². The van der Waals surface area contributed by atoms with Crippen LogP contribution in [-0.2, 0) is 0 Å². The molecular weight excluding hydrogens is 296 g/mol. The number of pyridine rings is 1. The molecule has 1 aromatic rings. The molecule has 0 saturated heterocycles. The van der Waals surface area contributed by atoms with Crippen molar-refractivity contribution in [3.8, 4) is 6.07 Å². The number of hydrogen-bond donors (Lipinski definition) is 0. The molecule has 0 aliphatic rings. The van der Waals surface area contributed by atoms with E-state index in [2.05, 4.69) is 4.98 Å². The molecule has 6 heteroatoms. The van der Waals surface area contributed by atoms with Gasteiger partial charge in [0.25, 0.3) is 6.43 Å². The van der Waals surface area contributed by atoms with Gasteiger partial charge < -0.3 is 0 Å². The Morgan fingerprint density at radius 3 is 2.62 bits per heavy atom. The summed E-state index contributed by atoms with van der Waals surface area (Å²) in [6.07, 6.45) is -2.13. The van der Waals surface area contributed by atoms with Gasteiger partial charge in [-0.05, 0) is 22.6 Å². The molecule has 2 nitrogen and oxygen atoms in total. The van der Waals surface area contributed by atoms with Gasteiger partial charge in [0.15, 0.2) is 11.5 Å². The second-order valence-electron chi connectivity index (χ2n) is 2.09. The molecule has 13 heavy (non-hydrogen) atoms. The van der Waals surface area contributed by atoms with E-state index in [1.807, 2.05) is 0 Å². The van der Waals surface area contributed by atoms with Crippen LogP contribution in [0.3, 0.4) is 0 Å². The van der Waals surface area contributed by atoms with Gasteiger partial charge in [-0.15, -0.1) is 0 Å². The van der Waals surface area contributed by atoms with Crippen molar-refractivity contribution in [1.29, 1.82) is 5.26 Å². The Balaban J connectivity index is 3.43. The lowest BCUT2D eigenvalue weighted by molar-refractivity contribution is 0.149. The van der Waals surface area contributed by atoms with E-state index < -0.39 is 23.5 Å². The fourth-order valence-electron chi connectivity index (χ4n) is 0.768. The summed E-state index contributed by atoms with van der Waals surface area (Å²) < 4.78 is 37.1. The lowest BCUT2D eigenvalue weighted by atomic mass is 10.2. The van der Waals surface area contributed by atoms with Crippen LogP contribution in [0.25, 0.3) is 0 Å². The molecule has 0 amide bonds. The number of rotatable bonds is 1. The van der Waals surface area contributed by atoms with Gasteiger partial charge in [0.2, 0.25) is 0 Å². The summed E-state index contributed by atoms with van der Waals surface area (Å²) in [6.45, 7) is 0. The van der Waals surface area contributed by atoms with Gasteiger partial charge in [-0.2, -0.15) is 5.26 Å². The molecule has 0 bridgehead atoms. The number of nitrogens with zero attached hydrogens (tertiary/aromatic N) is 2. The summed E-state index contributed by atoms with van der Waals surface area (Å²) in [5.74, 6) is -0.838. The van der Waals surface area contributed by atoms with Crippen molar-refractivity contribution in [2.24, 2.45) is 0 Å². The second kappa shape index (κ2) is 3.91. The fourth-order valence-corrected chi connectivity index (χ4v) is 1.40. The SMILES string of the molecule is N#Cc1ncc(F)c(I)c1C(F)F. The quantitative estimate of drug-likeness (QED) is 0.747. The van der Waals surface area contributed by atoms with Gasteiger partial charge in [-0.1, -0.05) is 0 Å². The molecule has 1 rings (SSSR count). The fraction of sp³-hybridized carbons (Fsp3) is 0.143. The van der Waals surface area contributed by atoms with Crippen LogP contribution in [0.2, 0.25) is 0 Å². The highest BCUT2D eigenvalue weighted by atomic mass is 127. The lowest BCUT2D eigenvalue weighted by Gasteiger charge is -2.04. The average molecular weight is 298 g/mol. The van der Waals surface area contributed by atoms with Crippen LogP contribution in [0.5, 0.6) is 0 Å². The van der Waals surface area contributed by atoms with Crippen LogP contribution in [0, 0.1) is 20.7 Å². The Bertz CT molecular complexity index is 373. The van der Waals surface area contributed by atoms with E-state index in [0.29, 0.717) is 0 Å². The Labute approximate surface area is 85.5 Å². The minimum absolute atomic E-state index is 0.251. The molecular formula is C7H2F3IN2. The highest BCUT2D eigenvalue weighted by Gasteiger charge is 2.20. The first-order chi connectivity index (χ1) is 6.07. The molecule has 0 aliphatic carbocycles. The van der Waals surface area contributed by atoms with Gasteiger partial charge in [-0.25, -0.2) is 18.2 Å². The molecule has 0 aromatic carbocycles. The largest absolute Gasteiger partial charge is 0.267 e. The summed E-state index contributed by atoms with van der Waals surface area (Å²) in [5.41, 5.74) is -1.07. The van der Waals surface area contributed by atoms with Crippen LogP contribution in [0.4, 0.5) is 13.2 Å². The summed E-state index contributed by atoms with van der Waals surface area (Å²) in [6, 6.07) is 1.48. The minimum Gasteiger partial charge on any atom is -0.242 e. The summed E-state index contributed by atoms with van der Waals surface area (Å²) in [7, 11) is 0. The summed E-state index contributed by atoms with van der Waals surface area (Å²) >= 11 is 1.42. The lowest BCUT2D eigenvalue weighted by Crippen LogP contribution is -2.00. The molecule has 0 spiro atoms. The third-order valence-electron chi connectivity index (χ3n) is 1.33. The van der Waals surface area contributed by atoms with E-state index in [1.54, 1.807) is 0 Å². The predicted molar refractivity (Wildman–Crippen MR) is 46.6 cm³/mol. The van der Waals surface area contributed by atoms with Gasteiger partial charge in [-0.3, -0.25) is 0 Å². The smallest absolute Gasteiger partial charge is 0.242 e. The Hall–Kier alpha value is -0.840. The minimum atomic E-state index is -2.88. The van der Waals surface area contributed by atoms with Crippen LogP contribution in [0.15, 0.2) is 6.20 Å². The van der Waals surface area contributed by atoms with Crippen molar-refractivity contribution in [1.82, 2.24) is 4.98 Å². The van der Waals surface area contributed by atoms with Crippen molar-refractivity contribution in [3.05, 3.63) is 26.8 Å². The molecule has 0 aliphatic heterocycles. The van der Waals surface area contributed by atoms with Gasteiger partial charge >= 0.3 is 0 Å². The van der Waals surface area contributed by atoms with E-state index in [4.69, 9.17) is 5.26 Å². The number of aromatic nitrogens is 1. The standard InChI is InChI=1S/C7H2F3IN2/c8-3-2-13-4(1-12)5(6(3)11)7(9)10/h2,7H. The van der Waals surface area contributed by atoms with Crippen molar-refractivity contribution in [2.75, 3.05) is 0 Å². The Morgan fingerprint density at radius 2 is 2.15 bits per heavy atom. The molecule has 1 aromatic heterocycles. The van der Waals surface area contributed by atoms with Crippen LogP contribution >= 0.6 is 22.6 Å². The molecule has 0 unspecified atom stereocenters. The zero-order valence-corrected chi connectivity index (χ0v) is 8.22. The molecule has 1 heterocycles. The topological polar surface area (TPSA) is 36.7 Å². The maximum absolute atomic E-state index is 12.7. The van der Waals surface area contributed by atoms with E-state index in [1.165, 1.54) is 28.7 Å². The van der Waals surface area contributed by atoms with Crippen LogP contribution < -0.4 is 0 Å². The Kier molecular flexibility index (Phi) is 3.08. The molecule has 0 saturated carbocycles. The molecule has 0 atom stereocenters. The van der Waals surface area contributed by atoms with E-state index in [9.17, 15) is 13.2 Å². The number of nitriles is 1. The molecule has 0 fully saturated rings. The number of alkyl halides is 2.